The summed E-state index contributed by atoms with van der Waals surface area (Å²) in [6, 6.07) is 3.73. The summed E-state index contributed by atoms with van der Waals surface area (Å²) in [6.07, 6.45) is 3.86. The summed E-state index contributed by atoms with van der Waals surface area (Å²) in [5.74, 6) is 0. The summed E-state index contributed by atoms with van der Waals surface area (Å²) in [5, 5.41) is 11.5. The van der Waals surface area contributed by atoms with Crippen LogP contribution in [0.25, 0.3) is 11.0 Å². The monoisotopic (exact) mass is 309 g/mol. The van der Waals surface area contributed by atoms with Gasteiger partial charge in [0.2, 0.25) is 0 Å². The topological polar surface area (TPSA) is 76.4 Å². The fourth-order valence-corrected chi connectivity index (χ4v) is 2.86. The van der Waals surface area contributed by atoms with Crippen molar-refractivity contribution in [2.24, 2.45) is 0 Å². The van der Waals surface area contributed by atoms with Crippen LogP contribution in [0.4, 0.5) is 4.79 Å². The van der Waals surface area contributed by atoms with Crippen molar-refractivity contribution >= 4 is 28.7 Å². The van der Waals surface area contributed by atoms with Gasteiger partial charge in [0.05, 0.1) is 16.9 Å². The maximum atomic E-state index is 10.6. The van der Waals surface area contributed by atoms with Crippen LogP contribution < -0.4 is 5.32 Å². The molecule has 1 saturated heterocycles. The Morgan fingerprint density at radius 1 is 1.52 bits per heavy atom. The van der Waals surface area contributed by atoms with Crippen LogP contribution in [-0.4, -0.2) is 27.4 Å². The first kappa shape index (κ1) is 14.2. The standard InChI is InChI=1S/C14H16ClN3O3/c15-12-9(7-16-14(19)20)4-5-10-13(12)17-8-18(10)11-3-1-2-6-21-11/h4-5,8,11,16H,1-3,6-7H2,(H,19,20). The number of benzene rings is 1. The average molecular weight is 310 g/mol. The summed E-state index contributed by atoms with van der Waals surface area (Å²) in [5.41, 5.74) is 2.29. The number of hydrogen-bond donors (Lipinski definition) is 2. The molecule has 7 heteroatoms. The molecule has 2 N–H and O–H groups in total. The fraction of sp³-hybridized carbons (Fsp3) is 0.429. The van der Waals surface area contributed by atoms with Gasteiger partial charge >= 0.3 is 6.09 Å². The molecule has 0 aliphatic carbocycles. The molecule has 2 aromatic rings. The summed E-state index contributed by atoms with van der Waals surface area (Å²) in [7, 11) is 0. The number of nitrogens with zero attached hydrogens (tertiary/aromatic N) is 2. The highest BCUT2D eigenvalue weighted by molar-refractivity contribution is 6.35. The molecule has 112 valence electrons. The second-order valence-electron chi connectivity index (χ2n) is 5.04. The molecule has 6 nitrogen and oxygen atoms in total. The number of ether oxygens (including phenoxy) is 1. The first-order valence-corrected chi connectivity index (χ1v) is 7.27. The van der Waals surface area contributed by atoms with Crippen molar-refractivity contribution in [1.29, 1.82) is 0 Å². The van der Waals surface area contributed by atoms with Gasteiger partial charge in [0.15, 0.2) is 0 Å². The van der Waals surface area contributed by atoms with Gasteiger partial charge in [-0.05, 0) is 30.9 Å². The lowest BCUT2D eigenvalue weighted by molar-refractivity contribution is -0.0295. The molecular weight excluding hydrogens is 294 g/mol. The maximum absolute atomic E-state index is 10.6. The fourth-order valence-electron chi connectivity index (χ4n) is 2.59. The zero-order valence-electron chi connectivity index (χ0n) is 11.4. The number of rotatable bonds is 3. The third kappa shape index (κ3) is 2.82. The van der Waals surface area contributed by atoms with E-state index >= 15 is 0 Å². The molecule has 1 aliphatic rings. The van der Waals surface area contributed by atoms with Crippen LogP contribution in [0.1, 0.15) is 31.1 Å². The molecule has 3 rings (SSSR count). The highest BCUT2D eigenvalue weighted by Crippen LogP contribution is 2.31. The van der Waals surface area contributed by atoms with Crippen molar-refractivity contribution in [2.45, 2.75) is 32.0 Å². The average Bonchev–Trinajstić information content (AvgIpc) is 2.92. The van der Waals surface area contributed by atoms with E-state index in [1.165, 1.54) is 0 Å². The Balaban J connectivity index is 1.92. The number of carbonyl (C=O) groups is 1. The van der Waals surface area contributed by atoms with Crippen LogP contribution >= 0.6 is 11.6 Å². The van der Waals surface area contributed by atoms with Gasteiger partial charge in [-0.25, -0.2) is 9.78 Å². The number of nitrogens with one attached hydrogen (secondary N) is 1. The number of carboxylic acid groups (broad SMARTS) is 1. The third-order valence-electron chi connectivity index (χ3n) is 3.66. The molecule has 0 bridgehead atoms. The maximum Gasteiger partial charge on any atom is 0.404 e. The van der Waals surface area contributed by atoms with Gasteiger partial charge in [-0.2, -0.15) is 0 Å². The van der Waals surface area contributed by atoms with Gasteiger partial charge in [-0.1, -0.05) is 17.7 Å². The molecule has 2 heterocycles. The number of aromatic nitrogens is 2. The van der Waals surface area contributed by atoms with E-state index in [-0.39, 0.29) is 12.8 Å². The minimum Gasteiger partial charge on any atom is -0.465 e. The van der Waals surface area contributed by atoms with Gasteiger partial charge in [0, 0.05) is 13.2 Å². The van der Waals surface area contributed by atoms with Gasteiger partial charge in [-0.3, -0.25) is 0 Å². The summed E-state index contributed by atoms with van der Waals surface area (Å²) in [6.45, 7) is 0.926. The Labute approximate surface area is 126 Å². The molecule has 21 heavy (non-hydrogen) atoms. The molecule has 0 spiro atoms. The van der Waals surface area contributed by atoms with Gasteiger partial charge in [0.1, 0.15) is 11.7 Å². The highest BCUT2D eigenvalue weighted by atomic mass is 35.5. The van der Waals surface area contributed by atoms with E-state index in [4.69, 9.17) is 21.4 Å². The van der Waals surface area contributed by atoms with Crippen molar-refractivity contribution in [3.63, 3.8) is 0 Å². The molecular formula is C14H16ClN3O3. The van der Waals surface area contributed by atoms with E-state index < -0.39 is 6.09 Å². The lowest BCUT2D eigenvalue weighted by Gasteiger charge is -2.24. The van der Waals surface area contributed by atoms with Crippen LogP contribution in [0.2, 0.25) is 5.02 Å². The Hall–Kier alpha value is -1.79. The van der Waals surface area contributed by atoms with Crippen LogP contribution in [0.15, 0.2) is 18.5 Å². The molecule has 0 saturated carbocycles. The first-order chi connectivity index (χ1) is 10.2. The number of amides is 1. The largest absolute Gasteiger partial charge is 0.465 e. The summed E-state index contributed by atoms with van der Waals surface area (Å²) in [4.78, 5) is 14.9. The van der Waals surface area contributed by atoms with Crippen molar-refractivity contribution in [3.05, 3.63) is 29.0 Å². The van der Waals surface area contributed by atoms with Crippen molar-refractivity contribution < 1.29 is 14.6 Å². The molecule has 1 fully saturated rings. The lowest BCUT2D eigenvalue weighted by Crippen LogP contribution is -2.20. The Morgan fingerprint density at radius 2 is 2.38 bits per heavy atom. The second kappa shape index (κ2) is 5.91. The number of hydrogen-bond acceptors (Lipinski definition) is 3. The smallest absolute Gasteiger partial charge is 0.404 e. The van der Waals surface area contributed by atoms with E-state index in [2.05, 4.69) is 10.3 Å². The molecule has 1 aliphatic heterocycles. The number of halogens is 1. The third-order valence-corrected chi connectivity index (χ3v) is 4.08. The van der Waals surface area contributed by atoms with Gasteiger partial charge in [-0.15, -0.1) is 0 Å². The predicted molar refractivity (Wildman–Crippen MR) is 78.4 cm³/mol. The van der Waals surface area contributed by atoms with E-state index in [9.17, 15) is 4.79 Å². The summed E-state index contributed by atoms with van der Waals surface area (Å²) < 4.78 is 7.76. The Bertz CT molecular complexity index is 665. The minimum absolute atomic E-state index is 0.00260. The zero-order valence-corrected chi connectivity index (χ0v) is 12.1. The van der Waals surface area contributed by atoms with E-state index in [0.29, 0.717) is 16.1 Å². The van der Waals surface area contributed by atoms with Crippen LogP contribution in [0.5, 0.6) is 0 Å². The lowest BCUT2D eigenvalue weighted by atomic mass is 10.1. The molecule has 1 atom stereocenters. The molecule has 0 radical (unpaired) electrons. The summed E-state index contributed by atoms with van der Waals surface area (Å²) >= 11 is 6.33. The Kier molecular flexibility index (Phi) is 3.98. The molecule has 1 unspecified atom stereocenters. The van der Waals surface area contributed by atoms with Crippen LogP contribution in [-0.2, 0) is 11.3 Å². The van der Waals surface area contributed by atoms with Crippen molar-refractivity contribution in [1.82, 2.24) is 14.9 Å². The number of fused-ring (bicyclic) bond motifs is 1. The van der Waals surface area contributed by atoms with E-state index in [1.807, 2.05) is 16.7 Å². The molecule has 1 amide bonds. The zero-order chi connectivity index (χ0) is 14.8. The van der Waals surface area contributed by atoms with Gasteiger partial charge in [0.25, 0.3) is 0 Å². The molecule has 1 aromatic carbocycles. The normalized spacial score (nSPS) is 18.8. The van der Waals surface area contributed by atoms with Crippen LogP contribution in [0, 0.1) is 0 Å². The quantitative estimate of drug-likeness (QED) is 0.913. The van der Waals surface area contributed by atoms with Crippen molar-refractivity contribution in [2.75, 3.05) is 6.61 Å². The SMILES string of the molecule is O=C(O)NCc1ccc2c(ncn2C2CCCCO2)c1Cl. The molecule has 1 aromatic heterocycles. The second-order valence-corrected chi connectivity index (χ2v) is 5.42. The van der Waals surface area contributed by atoms with Crippen LogP contribution in [0.3, 0.4) is 0 Å². The number of imidazole rings is 1. The van der Waals surface area contributed by atoms with E-state index in [0.717, 1.165) is 31.4 Å². The minimum atomic E-state index is -1.08. The highest BCUT2D eigenvalue weighted by Gasteiger charge is 2.19. The predicted octanol–water partition coefficient (Wildman–Crippen LogP) is 3.16. The van der Waals surface area contributed by atoms with E-state index in [1.54, 1.807) is 6.33 Å². The van der Waals surface area contributed by atoms with Gasteiger partial charge < -0.3 is 19.7 Å². The Morgan fingerprint density at radius 3 is 3.10 bits per heavy atom. The van der Waals surface area contributed by atoms with Crippen molar-refractivity contribution in [3.8, 4) is 0 Å². The first-order valence-electron chi connectivity index (χ1n) is 6.89.